The van der Waals surface area contributed by atoms with E-state index in [9.17, 15) is 10.2 Å². The van der Waals surface area contributed by atoms with Gasteiger partial charge in [-0.15, -0.1) is 0 Å². The van der Waals surface area contributed by atoms with Crippen LogP contribution in [-0.4, -0.2) is 61.3 Å². The van der Waals surface area contributed by atoms with Gasteiger partial charge in [-0.25, -0.2) is 0 Å². The largest absolute Gasteiger partial charge is 0.507 e. The first-order valence-corrected chi connectivity index (χ1v) is 12.7. The molecule has 4 bridgehead atoms. The number of benzene rings is 2. The summed E-state index contributed by atoms with van der Waals surface area (Å²) in [7, 11) is 0. The van der Waals surface area contributed by atoms with Crippen LogP contribution in [0.2, 0.25) is 0 Å². The molecule has 0 saturated heterocycles. The fourth-order valence-electron chi connectivity index (χ4n) is 3.78. The Morgan fingerprint density at radius 1 is 0.500 bits per heavy atom. The Labute approximate surface area is 215 Å². The van der Waals surface area contributed by atoms with Crippen LogP contribution in [0.1, 0.15) is 87.8 Å². The van der Waals surface area contributed by atoms with Crippen molar-refractivity contribution < 1.29 is 10.2 Å². The lowest BCUT2D eigenvalue weighted by molar-refractivity contribution is 0.471. The predicted molar refractivity (Wildman–Crippen MR) is 153 cm³/mol. The van der Waals surface area contributed by atoms with Crippen molar-refractivity contribution in [1.82, 2.24) is 0 Å². The number of phenols is 2. The van der Waals surface area contributed by atoms with Gasteiger partial charge in [0.25, 0.3) is 0 Å². The smallest absolute Gasteiger partial charge is 0.133 e. The van der Waals surface area contributed by atoms with E-state index in [1.54, 1.807) is 24.9 Å². The van der Waals surface area contributed by atoms with E-state index in [0.29, 0.717) is 48.4 Å². The molecule has 1 aliphatic rings. The van der Waals surface area contributed by atoms with Crippen molar-refractivity contribution in [3.63, 3.8) is 0 Å². The first kappa shape index (κ1) is 27.3. The monoisotopic (exact) mass is 488 g/mol. The summed E-state index contributed by atoms with van der Waals surface area (Å²) in [5.41, 5.74) is 4.90. The Hall–Kier alpha value is -3.28. The highest BCUT2D eigenvalue weighted by molar-refractivity contribution is 5.93. The van der Waals surface area contributed by atoms with Crippen LogP contribution in [0, 0.1) is 0 Å². The van der Waals surface area contributed by atoms with Crippen molar-refractivity contribution in [3.8, 4) is 11.5 Å². The van der Waals surface area contributed by atoms with Crippen molar-refractivity contribution in [2.75, 3.05) is 26.2 Å². The first-order valence-electron chi connectivity index (χ1n) is 12.7. The highest BCUT2D eigenvalue weighted by Gasteiger charge is 2.19. The van der Waals surface area contributed by atoms with Gasteiger partial charge in [-0.1, -0.05) is 41.5 Å². The Bertz CT molecular complexity index is 1010. The van der Waals surface area contributed by atoms with Gasteiger partial charge in [0.1, 0.15) is 11.5 Å². The molecule has 2 aromatic carbocycles. The molecule has 0 amide bonds. The number of nitrogens with zero attached hydrogens (tertiary/aromatic N) is 4. The van der Waals surface area contributed by atoms with Gasteiger partial charge in [-0.3, -0.25) is 20.0 Å². The number of fused-ring (bicyclic) bond motifs is 4. The van der Waals surface area contributed by atoms with Crippen molar-refractivity contribution in [1.29, 1.82) is 0 Å². The normalized spacial score (nSPS) is 15.7. The van der Waals surface area contributed by atoms with Crippen molar-refractivity contribution >= 4 is 24.9 Å². The van der Waals surface area contributed by atoms with Gasteiger partial charge in [0.15, 0.2) is 0 Å². The number of hydrogen-bond donors (Lipinski definition) is 2. The van der Waals surface area contributed by atoms with Crippen molar-refractivity contribution in [3.05, 3.63) is 57.6 Å². The molecule has 0 fully saturated rings. The maximum atomic E-state index is 10.8. The Morgan fingerprint density at radius 2 is 0.750 bits per heavy atom. The molecule has 0 unspecified atom stereocenters. The van der Waals surface area contributed by atoms with E-state index >= 15 is 0 Å². The second-order valence-electron chi connectivity index (χ2n) is 11.4. The molecule has 36 heavy (non-hydrogen) atoms. The van der Waals surface area contributed by atoms with Gasteiger partial charge in [-0.2, -0.15) is 0 Å². The van der Waals surface area contributed by atoms with Crippen LogP contribution in [0.5, 0.6) is 11.5 Å². The second-order valence-corrected chi connectivity index (χ2v) is 11.4. The minimum absolute atomic E-state index is 0.0651. The van der Waals surface area contributed by atoms with E-state index in [-0.39, 0.29) is 22.3 Å². The summed E-state index contributed by atoms with van der Waals surface area (Å²) in [5.74, 6) is 0.397. The molecule has 0 aliphatic carbocycles. The van der Waals surface area contributed by atoms with Gasteiger partial charge in [0.2, 0.25) is 0 Å². The highest BCUT2D eigenvalue weighted by Crippen LogP contribution is 2.31. The number of hydrogen-bond acceptors (Lipinski definition) is 6. The molecule has 2 aromatic rings. The second kappa shape index (κ2) is 11.6. The van der Waals surface area contributed by atoms with Crippen LogP contribution in [-0.2, 0) is 10.8 Å². The number of aliphatic imine (C=N–C) groups is 4. The quantitative estimate of drug-likeness (QED) is 0.486. The van der Waals surface area contributed by atoms with E-state index in [2.05, 4.69) is 61.5 Å². The molecule has 0 aromatic heterocycles. The third-order valence-corrected chi connectivity index (χ3v) is 6.14. The minimum atomic E-state index is -0.0651. The zero-order valence-corrected chi connectivity index (χ0v) is 22.5. The molecule has 0 spiro atoms. The summed E-state index contributed by atoms with van der Waals surface area (Å²) in [5, 5.41) is 21.7. The van der Waals surface area contributed by atoms with Crippen LogP contribution < -0.4 is 0 Å². The third-order valence-electron chi connectivity index (χ3n) is 6.14. The molecule has 0 atom stereocenters. The SMILES string of the molecule is CC(C)(C)c1cc2c(O)c(c1)C=NCCCN=Cc1cc(C(C)(C)C)cc(c1O)C=NCCCN=C2. The molecular formula is C30H40N4O2. The van der Waals surface area contributed by atoms with E-state index < -0.39 is 0 Å². The maximum absolute atomic E-state index is 10.8. The third kappa shape index (κ3) is 7.36. The van der Waals surface area contributed by atoms with E-state index in [4.69, 9.17) is 0 Å². The van der Waals surface area contributed by atoms with Crippen LogP contribution in [0.3, 0.4) is 0 Å². The Kier molecular flexibility index (Phi) is 8.83. The predicted octanol–water partition coefficient (Wildman–Crippen LogP) is 5.86. The molecule has 0 radical (unpaired) electrons. The molecule has 3 rings (SSSR count). The first-order chi connectivity index (χ1) is 17.0. The summed E-state index contributed by atoms with van der Waals surface area (Å²) in [4.78, 5) is 18.2. The molecule has 2 N–H and O–H groups in total. The average Bonchev–Trinajstić information content (AvgIpc) is 2.79. The maximum Gasteiger partial charge on any atom is 0.133 e. The van der Waals surface area contributed by atoms with Crippen LogP contribution in [0.15, 0.2) is 44.2 Å². The van der Waals surface area contributed by atoms with Crippen LogP contribution >= 0.6 is 0 Å². The number of phenolic OH excluding ortho intramolecular Hbond substituents is 2. The van der Waals surface area contributed by atoms with Crippen LogP contribution in [0.25, 0.3) is 0 Å². The zero-order valence-electron chi connectivity index (χ0n) is 22.5. The van der Waals surface area contributed by atoms with Crippen molar-refractivity contribution in [2.24, 2.45) is 20.0 Å². The lowest BCUT2D eigenvalue weighted by Crippen LogP contribution is -2.12. The summed E-state index contributed by atoms with van der Waals surface area (Å²) in [6.45, 7) is 15.3. The summed E-state index contributed by atoms with van der Waals surface area (Å²) in [6.07, 6.45) is 8.48. The summed E-state index contributed by atoms with van der Waals surface area (Å²) < 4.78 is 0. The minimum Gasteiger partial charge on any atom is -0.507 e. The molecule has 1 aliphatic heterocycles. The molecular weight excluding hydrogens is 448 g/mol. The van der Waals surface area contributed by atoms with Gasteiger partial charge in [0.05, 0.1) is 0 Å². The van der Waals surface area contributed by atoms with Crippen molar-refractivity contribution in [2.45, 2.75) is 65.2 Å². The molecule has 192 valence electrons. The Balaban J connectivity index is 1.91. The van der Waals surface area contributed by atoms with Gasteiger partial charge in [-0.05, 0) is 59.1 Å². The number of rotatable bonds is 0. The summed E-state index contributed by atoms with van der Waals surface area (Å²) >= 11 is 0. The molecule has 6 heteroatoms. The van der Waals surface area contributed by atoms with Crippen LogP contribution in [0.4, 0.5) is 0 Å². The summed E-state index contributed by atoms with van der Waals surface area (Å²) in [6, 6.07) is 7.99. The van der Waals surface area contributed by atoms with Gasteiger partial charge >= 0.3 is 0 Å². The average molecular weight is 489 g/mol. The van der Waals surface area contributed by atoms with E-state index in [0.717, 1.165) is 24.0 Å². The lowest BCUT2D eigenvalue weighted by Gasteiger charge is -2.21. The van der Waals surface area contributed by atoms with Gasteiger partial charge < -0.3 is 10.2 Å². The fourth-order valence-corrected chi connectivity index (χ4v) is 3.78. The topological polar surface area (TPSA) is 89.9 Å². The Morgan fingerprint density at radius 3 is 0.972 bits per heavy atom. The standard InChI is InChI=1S/C30H40N4O2/c1-29(2,3)25-13-21-17-31-9-7-11-33-19-23-15-26(30(4,5)6)16-24(28(23)36)20-34-12-8-10-32-18-22(14-25)27(21)35/h13-20,35-36H,7-12H2,1-6H3. The van der Waals surface area contributed by atoms with Gasteiger partial charge in [0, 0.05) is 73.3 Å². The highest BCUT2D eigenvalue weighted by atomic mass is 16.3. The van der Waals surface area contributed by atoms with E-state index in [1.807, 2.05) is 24.3 Å². The molecule has 6 nitrogen and oxygen atoms in total. The fraction of sp³-hybridized carbons (Fsp3) is 0.467. The molecule has 1 heterocycles. The number of aromatic hydroxyl groups is 2. The lowest BCUT2D eigenvalue weighted by atomic mass is 9.85. The zero-order chi connectivity index (χ0) is 26.3. The van der Waals surface area contributed by atoms with E-state index in [1.165, 1.54) is 0 Å². The molecule has 0 saturated carbocycles.